The molecule has 1 N–H and O–H groups in total. The van der Waals surface area contributed by atoms with Crippen molar-refractivity contribution in [1.29, 1.82) is 0 Å². The summed E-state index contributed by atoms with van der Waals surface area (Å²) >= 11 is 0. The number of carboxylic acid groups (broad SMARTS) is 1. The van der Waals surface area contributed by atoms with Gasteiger partial charge in [-0.3, -0.25) is 4.79 Å². The highest BCUT2D eigenvalue weighted by Crippen LogP contribution is 2.25. The van der Waals surface area contributed by atoms with E-state index >= 15 is 0 Å². The Morgan fingerprint density at radius 2 is 2.21 bits per heavy atom. The molecule has 100 valence electrons. The van der Waals surface area contributed by atoms with Crippen LogP contribution in [0.5, 0.6) is 0 Å². The van der Waals surface area contributed by atoms with E-state index < -0.39 is 5.97 Å². The molecular formula is C11H14N6O2. The van der Waals surface area contributed by atoms with Gasteiger partial charge < -0.3 is 5.11 Å². The molecule has 0 bridgehead atoms. The first-order valence-electron chi connectivity index (χ1n) is 5.86. The molecule has 0 spiro atoms. The first-order chi connectivity index (χ1) is 9.09. The second-order valence-corrected chi connectivity index (χ2v) is 4.49. The first-order valence-corrected chi connectivity index (χ1v) is 5.86. The van der Waals surface area contributed by atoms with Crippen LogP contribution in [0.15, 0.2) is 18.5 Å². The van der Waals surface area contributed by atoms with Crippen LogP contribution in [0.4, 0.5) is 0 Å². The third-order valence-electron chi connectivity index (χ3n) is 2.80. The van der Waals surface area contributed by atoms with Crippen LogP contribution >= 0.6 is 0 Å². The van der Waals surface area contributed by atoms with Gasteiger partial charge >= 0.3 is 5.97 Å². The molecule has 2 aromatic rings. The summed E-state index contributed by atoms with van der Waals surface area (Å²) < 4.78 is 1.54. The van der Waals surface area contributed by atoms with E-state index in [-0.39, 0.29) is 18.4 Å². The largest absolute Gasteiger partial charge is 0.481 e. The minimum atomic E-state index is -0.881. The molecule has 2 heterocycles. The van der Waals surface area contributed by atoms with Gasteiger partial charge in [-0.25, -0.2) is 4.68 Å². The molecule has 0 saturated carbocycles. The highest BCUT2D eigenvalue weighted by molar-refractivity contribution is 5.67. The van der Waals surface area contributed by atoms with Crippen LogP contribution in [-0.2, 0) is 4.79 Å². The number of hydrogen-bond donors (Lipinski definition) is 1. The van der Waals surface area contributed by atoms with Gasteiger partial charge in [-0.2, -0.15) is 10.2 Å². The van der Waals surface area contributed by atoms with Crippen LogP contribution < -0.4 is 0 Å². The lowest BCUT2D eigenvalue weighted by molar-refractivity contribution is -0.138. The van der Waals surface area contributed by atoms with Crippen molar-refractivity contribution in [2.75, 3.05) is 0 Å². The Kier molecular flexibility index (Phi) is 3.79. The predicted molar refractivity (Wildman–Crippen MR) is 65.0 cm³/mol. The summed E-state index contributed by atoms with van der Waals surface area (Å²) in [7, 11) is 0. The Labute approximate surface area is 109 Å². The summed E-state index contributed by atoms with van der Waals surface area (Å²) in [4.78, 5) is 11.0. The van der Waals surface area contributed by atoms with Crippen molar-refractivity contribution in [3.63, 3.8) is 0 Å². The molecule has 2 aromatic heterocycles. The fourth-order valence-electron chi connectivity index (χ4n) is 1.81. The fourth-order valence-corrected chi connectivity index (χ4v) is 1.81. The molecule has 0 fully saturated rings. The molecule has 1 unspecified atom stereocenters. The van der Waals surface area contributed by atoms with Gasteiger partial charge in [0.05, 0.1) is 24.9 Å². The van der Waals surface area contributed by atoms with E-state index in [1.54, 1.807) is 12.3 Å². The molecular weight excluding hydrogens is 248 g/mol. The molecule has 0 radical (unpaired) electrons. The Bertz CT molecular complexity index is 553. The molecule has 0 aliphatic heterocycles. The molecule has 0 saturated heterocycles. The van der Waals surface area contributed by atoms with E-state index in [4.69, 9.17) is 5.11 Å². The lowest BCUT2D eigenvalue weighted by Crippen LogP contribution is -2.21. The van der Waals surface area contributed by atoms with Gasteiger partial charge in [-0.15, -0.1) is 5.10 Å². The lowest BCUT2D eigenvalue weighted by atomic mass is 10.0. The first kappa shape index (κ1) is 13.1. The Morgan fingerprint density at radius 3 is 2.79 bits per heavy atom. The molecule has 0 aliphatic rings. The molecule has 8 nitrogen and oxygen atoms in total. The minimum Gasteiger partial charge on any atom is -0.481 e. The highest BCUT2D eigenvalue weighted by atomic mass is 16.4. The second kappa shape index (κ2) is 5.51. The number of aliphatic carboxylic acids is 1. The van der Waals surface area contributed by atoms with E-state index in [2.05, 4.69) is 25.7 Å². The van der Waals surface area contributed by atoms with Gasteiger partial charge in [0.2, 0.25) is 0 Å². The van der Waals surface area contributed by atoms with Crippen molar-refractivity contribution < 1.29 is 9.90 Å². The fraction of sp³-hybridized carbons (Fsp3) is 0.455. The van der Waals surface area contributed by atoms with Crippen LogP contribution in [0.3, 0.4) is 0 Å². The maximum atomic E-state index is 11.0. The molecule has 8 heteroatoms. The Morgan fingerprint density at radius 1 is 1.42 bits per heavy atom. The van der Waals surface area contributed by atoms with Gasteiger partial charge in [0, 0.05) is 5.56 Å². The number of hydrogen-bond acceptors (Lipinski definition) is 6. The summed E-state index contributed by atoms with van der Waals surface area (Å²) in [5.74, 6) is -0.295. The van der Waals surface area contributed by atoms with Crippen LogP contribution in [0, 0.1) is 5.92 Å². The quantitative estimate of drug-likeness (QED) is 0.849. The van der Waals surface area contributed by atoms with Gasteiger partial charge in [0.15, 0.2) is 5.82 Å². The van der Waals surface area contributed by atoms with Crippen molar-refractivity contribution in [3.05, 3.63) is 18.5 Å². The summed E-state index contributed by atoms with van der Waals surface area (Å²) in [6.45, 7) is 3.87. The van der Waals surface area contributed by atoms with E-state index in [1.165, 1.54) is 10.9 Å². The average molecular weight is 262 g/mol. The van der Waals surface area contributed by atoms with Crippen molar-refractivity contribution in [2.24, 2.45) is 5.92 Å². The van der Waals surface area contributed by atoms with Crippen LogP contribution in [-0.4, -0.2) is 41.5 Å². The Balaban J connectivity index is 2.39. The van der Waals surface area contributed by atoms with Gasteiger partial charge in [0.25, 0.3) is 0 Å². The zero-order chi connectivity index (χ0) is 13.8. The number of aromatic nitrogens is 6. The molecule has 0 aromatic carbocycles. The van der Waals surface area contributed by atoms with Crippen LogP contribution in [0.1, 0.15) is 26.3 Å². The predicted octanol–water partition coefficient (Wildman–Crippen LogP) is 0.802. The smallest absolute Gasteiger partial charge is 0.305 e. The maximum absolute atomic E-state index is 11.0. The van der Waals surface area contributed by atoms with Crippen molar-refractivity contribution in [1.82, 2.24) is 30.4 Å². The standard InChI is InChI=1S/C11H14N6O2/c1-7(2)9(5-10(18)19)17-11(14-15-16-17)8-3-4-12-13-6-8/h3-4,6-7,9H,5H2,1-2H3,(H,18,19). The van der Waals surface area contributed by atoms with Gasteiger partial charge in [0.1, 0.15) is 0 Å². The molecule has 19 heavy (non-hydrogen) atoms. The third kappa shape index (κ3) is 2.90. The molecule has 2 rings (SSSR count). The molecule has 1 atom stereocenters. The monoisotopic (exact) mass is 262 g/mol. The van der Waals surface area contributed by atoms with E-state index in [1.807, 2.05) is 13.8 Å². The highest BCUT2D eigenvalue weighted by Gasteiger charge is 2.24. The van der Waals surface area contributed by atoms with Crippen molar-refractivity contribution in [2.45, 2.75) is 26.3 Å². The average Bonchev–Trinajstić information content (AvgIpc) is 2.85. The summed E-state index contributed by atoms with van der Waals surface area (Å²) in [5.41, 5.74) is 0.705. The van der Waals surface area contributed by atoms with Crippen molar-refractivity contribution in [3.8, 4) is 11.4 Å². The minimum absolute atomic E-state index is 0.0335. The normalized spacial score (nSPS) is 12.6. The number of nitrogens with zero attached hydrogens (tertiary/aromatic N) is 6. The third-order valence-corrected chi connectivity index (χ3v) is 2.80. The summed E-state index contributed by atoms with van der Waals surface area (Å²) in [6, 6.07) is 1.42. The zero-order valence-corrected chi connectivity index (χ0v) is 10.6. The maximum Gasteiger partial charge on any atom is 0.305 e. The number of rotatable bonds is 5. The topological polar surface area (TPSA) is 107 Å². The number of tetrazole rings is 1. The number of carboxylic acids is 1. The van der Waals surface area contributed by atoms with Crippen LogP contribution in [0.2, 0.25) is 0 Å². The second-order valence-electron chi connectivity index (χ2n) is 4.49. The summed E-state index contributed by atoms with van der Waals surface area (Å²) in [5, 5.41) is 27.9. The SMILES string of the molecule is CC(C)C(CC(=O)O)n1nnnc1-c1ccnnc1. The van der Waals surface area contributed by atoms with E-state index in [0.29, 0.717) is 11.4 Å². The van der Waals surface area contributed by atoms with E-state index in [0.717, 1.165) is 0 Å². The van der Waals surface area contributed by atoms with E-state index in [9.17, 15) is 4.79 Å². The van der Waals surface area contributed by atoms with Gasteiger partial charge in [-0.05, 0) is 22.4 Å². The molecule has 0 aliphatic carbocycles. The zero-order valence-electron chi connectivity index (χ0n) is 10.6. The summed E-state index contributed by atoms with van der Waals surface area (Å²) in [6.07, 6.45) is 3.05. The molecule has 0 amide bonds. The van der Waals surface area contributed by atoms with Crippen LogP contribution in [0.25, 0.3) is 11.4 Å². The Hall–Kier alpha value is -2.38. The van der Waals surface area contributed by atoms with Crippen molar-refractivity contribution >= 4 is 5.97 Å². The lowest BCUT2D eigenvalue weighted by Gasteiger charge is -2.19. The number of carbonyl (C=O) groups is 1. The van der Waals surface area contributed by atoms with Gasteiger partial charge in [-0.1, -0.05) is 13.8 Å².